The van der Waals surface area contributed by atoms with Gasteiger partial charge in [-0.2, -0.15) is 0 Å². The first-order valence-corrected chi connectivity index (χ1v) is 8.65. The van der Waals surface area contributed by atoms with E-state index in [2.05, 4.69) is 22.4 Å². The van der Waals surface area contributed by atoms with E-state index in [1.54, 1.807) is 0 Å². The highest BCUT2D eigenvalue weighted by Gasteiger charge is 2.14. The van der Waals surface area contributed by atoms with Gasteiger partial charge in [-0.05, 0) is 38.8 Å². The van der Waals surface area contributed by atoms with Crippen LogP contribution in [0.2, 0.25) is 0 Å². The Morgan fingerprint density at radius 1 is 1.23 bits per heavy atom. The lowest BCUT2D eigenvalue weighted by Gasteiger charge is -2.10. The molecule has 26 heavy (non-hydrogen) atoms. The van der Waals surface area contributed by atoms with Crippen LogP contribution < -0.4 is 10.9 Å². The molecule has 1 aromatic carbocycles. The molecule has 0 bridgehead atoms. The molecule has 1 amide bonds. The summed E-state index contributed by atoms with van der Waals surface area (Å²) >= 11 is 0. The number of hydrogen-bond acceptors (Lipinski definition) is 4. The van der Waals surface area contributed by atoms with Gasteiger partial charge >= 0.3 is 0 Å². The summed E-state index contributed by atoms with van der Waals surface area (Å²) in [6.45, 7) is 8.46. The van der Waals surface area contributed by atoms with Gasteiger partial charge < -0.3 is 9.73 Å². The van der Waals surface area contributed by atoms with Crippen LogP contribution in [0, 0.1) is 27.7 Å². The Morgan fingerprint density at radius 2 is 2.00 bits per heavy atom. The summed E-state index contributed by atoms with van der Waals surface area (Å²) in [6.07, 6.45) is 1.65. The minimum absolute atomic E-state index is 0.0991. The van der Waals surface area contributed by atoms with Crippen molar-refractivity contribution in [2.24, 2.45) is 0 Å². The molecular formula is C20H23N3O3. The Balaban J connectivity index is 1.65. The summed E-state index contributed by atoms with van der Waals surface area (Å²) in [7, 11) is 0. The number of nitrogens with one attached hydrogen (secondary N) is 1. The van der Waals surface area contributed by atoms with E-state index in [0.717, 1.165) is 22.3 Å². The molecule has 6 nitrogen and oxygen atoms in total. The molecule has 0 aliphatic heterocycles. The van der Waals surface area contributed by atoms with E-state index in [4.69, 9.17) is 4.42 Å². The molecule has 0 aliphatic carbocycles. The topological polar surface area (TPSA) is 77.1 Å². The van der Waals surface area contributed by atoms with Crippen molar-refractivity contribution >= 4 is 17.0 Å². The fraction of sp³-hybridized carbons (Fsp3) is 0.350. The number of hydrogen-bond donors (Lipinski definition) is 1. The summed E-state index contributed by atoms with van der Waals surface area (Å²) in [4.78, 5) is 28.9. The van der Waals surface area contributed by atoms with Gasteiger partial charge in [0.1, 0.15) is 17.5 Å². The smallest absolute Gasteiger partial charge is 0.264 e. The van der Waals surface area contributed by atoms with Crippen molar-refractivity contribution in [2.75, 3.05) is 0 Å². The lowest BCUT2D eigenvalue weighted by Crippen LogP contribution is -2.27. The fourth-order valence-corrected chi connectivity index (χ4v) is 2.92. The normalized spacial score (nSPS) is 11.1. The molecule has 0 fully saturated rings. The molecule has 0 unspecified atom stereocenters. The SMILES string of the molecule is Cc1ccc(C)c(CNC(=O)CCn2cnc3oc(C)c(C)c3c2=O)c1. The highest BCUT2D eigenvalue weighted by Crippen LogP contribution is 2.19. The molecule has 3 rings (SSSR count). The zero-order valence-electron chi connectivity index (χ0n) is 15.5. The standard InChI is InChI=1S/C20H23N3O3/c1-12-5-6-13(2)16(9-12)10-21-17(24)7-8-23-11-22-19-18(20(23)25)14(3)15(4)26-19/h5-6,9,11H,7-8,10H2,1-4H3,(H,21,24). The Labute approximate surface area is 151 Å². The summed E-state index contributed by atoms with van der Waals surface area (Å²) in [5.41, 5.74) is 4.38. The maximum atomic E-state index is 12.6. The molecule has 3 aromatic rings. The minimum atomic E-state index is -0.174. The maximum Gasteiger partial charge on any atom is 0.264 e. The first kappa shape index (κ1) is 17.9. The number of rotatable bonds is 5. The van der Waals surface area contributed by atoms with Crippen LogP contribution in [-0.2, 0) is 17.9 Å². The highest BCUT2D eigenvalue weighted by atomic mass is 16.3. The highest BCUT2D eigenvalue weighted by molar-refractivity contribution is 5.78. The van der Waals surface area contributed by atoms with Crippen LogP contribution in [0.1, 0.15) is 34.4 Å². The molecule has 2 aromatic heterocycles. The van der Waals surface area contributed by atoms with Gasteiger partial charge in [-0.3, -0.25) is 14.2 Å². The Kier molecular flexibility index (Phi) is 4.93. The first-order chi connectivity index (χ1) is 12.4. The number of benzene rings is 1. The van der Waals surface area contributed by atoms with Gasteiger partial charge in [0.25, 0.3) is 5.56 Å². The first-order valence-electron chi connectivity index (χ1n) is 8.65. The van der Waals surface area contributed by atoms with Gasteiger partial charge in [-0.15, -0.1) is 0 Å². The van der Waals surface area contributed by atoms with Crippen LogP contribution in [0.15, 0.2) is 33.7 Å². The fourth-order valence-electron chi connectivity index (χ4n) is 2.92. The third-order valence-corrected chi connectivity index (χ3v) is 4.72. The van der Waals surface area contributed by atoms with E-state index in [0.29, 0.717) is 23.4 Å². The number of furan rings is 1. The average Bonchev–Trinajstić information content (AvgIpc) is 2.90. The second-order valence-electron chi connectivity index (χ2n) is 6.66. The van der Waals surface area contributed by atoms with Crippen molar-refractivity contribution in [3.63, 3.8) is 0 Å². The van der Waals surface area contributed by atoms with Crippen molar-refractivity contribution in [2.45, 2.75) is 47.2 Å². The van der Waals surface area contributed by atoms with Crippen LogP contribution in [-0.4, -0.2) is 15.5 Å². The van der Waals surface area contributed by atoms with Crippen molar-refractivity contribution < 1.29 is 9.21 Å². The van der Waals surface area contributed by atoms with E-state index in [1.807, 2.05) is 33.8 Å². The molecule has 6 heteroatoms. The number of carbonyl (C=O) groups is 1. The lowest BCUT2D eigenvalue weighted by molar-refractivity contribution is -0.121. The molecule has 1 N–H and O–H groups in total. The summed E-state index contributed by atoms with van der Waals surface area (Å²) < 4.78 is 6.92. The third-order valence-electron chi connectivity index (χ3n) is 4.72. The molecule has 0 spiro atoms. The maximum absolute atomic E-state index is 12.6. The molecular weight excluding hydrogens is 330 g/mol. The van der Waals surface area contributed by atoms with Gasteiger partial charge in [0, 0.05) is 25.1 Å². The van der Waals surface area contributed by atoms with Gasteiger partial charge in [-0.25, -0.2) is 4.98 Å². The van der Waals surface area contributed by atoms with Crippen molar-refractivity contribution in [3.05, 3.63) is 62.9 Å². The summed E-state index contributed by atoms with van der Waals surface area (Å²) in [5.74, 6) is 0.589. The Morgan fingerprint density at radius 3 is 2.77 bits per heavy atom. The van der Waals surface area contributed by atoms with Crippen molar-refractivity contribution in [1.82, 2.24) is 14.9 Å². The average molecular weight is 353 g/mol. The minimum Gasteiger partial charge on any atom is -0.443 e. The van der Waals surface area contributed by atoms with E-state index in [-0.39, 0.29) is 24.4 Å². The van der Waals surface area contributed by atoms with Gasteiger partial charge in [0.15, 0.2) is 0 Å². The molecule has 0 radical (unpaired) electrons. The lowest BCUT2D eigenvalue weighted by atomic mass is 10.1. The summed E-state index contributed by atoms with van der Waals surface area (Å²) in [5, 5.41) is 3.40. The molecule has 0 atom stereocenters. The second kappa shape index (κ2) is 7.15. The van der Waals surface area contributed by atoms with E-state index < -0.39 is 0 Å². The zero-order valence-corrected chi connectivity index (χ0v) is 15.5. The van der Waals surface area contributed by atoms with Crippen LogP contribution in [0.4, 0.5) is 0 Å². The number of fused-ring (bicyclic) bond motifs is 1. The van der Waals surface area contributed by atoms with Gasteiger partial charge in [0.05, 0.1) is 0 Å². The quantitative estimate of drug-likeness (QED) is 0.765. The molecule has 0 saturated heterocycles. The molecule has 2 heterocycles. The Hall–Kier alpha value is -2.89. The largest absolute Gasteiger partial charge is 0.443 e. The predicted octanol–water partition coefficient (Wildman–Crippen LogP) is 2.93. The van der Waals surface area contributed by atoms with E-state index in [1.165, 1.54) is 10.9 Å². The number of nitrogens with zero attached hydrogens (tertiary/aromatic N) is 2. The third kappa shape index (κ3) is 3.54. The van der Waals surface area contributed by atoms with E-state index >= 15 is 0 Å². The zero-order chi connectivity index (χ0) is 18.8. The van der Waals surface area contributed by atoms with E-state index in [9.17, 15) is 9.59 Å². The van der Waals surface area contributed by atoms with Crippen LogP contribution >= 0.6 is 0 Å². The number of aromatic nitrogens is 2. The van der Waals surface area contributed by atoms with Crippen molar-refractivity contribution in [1.29, 1.82) is 0 Å². The van der Waals surface area contributed by atoms with Crippen LogP contribution in [0.25, 0.3) is 11.1 Å². The monoisotopic (exact) mass is 353 g/mol. The van der Waals surface area contributed by atoms with Crippen molar-refractivity contribution in [3.8, 4) is 0 Å². The predicted molar refractivity (Wildman–Crippen MR) is 100 cm³/mol. The number of aryl methyl sites for hydroxylation is 5. The van der Waals surface area contributed by atoms with Crippen LogP contribution in [0.5, 0.6) is 0 Å². The Bertz CT molecular complexity index is 1030. The second-order valence-corrected chi connectivity index (χ2v) is 6.66. The molecule has 0 saturated carbocycles. The van der Waals surface area contributed by atoms with Crippen LogP contribution in [0.3, 0.4) is 0 Å². The summed E-state index contributed by atoms with van der Waals surface area (Å²) in [6, 6.07) is 6.17. The van der Waals surface area contributed by atoms with Gasteiger partial charge in [0.2, 0.25) is 11.6 Å². The number of amides is 1. The molecule has 0 aliphatic rings. The number of carbonyl (C=O) groups excluding carboxylic acids is 1. The van der Waals surface area contributed by atoms with Gasteiger partial charge in [-0.1, -0.05) is 23.8 Å². The molecule has 136 valence electrons.